The molecule has 0 atom stereocenters. The number of anilines is 3. The van der Waals surface area contributed by atoms with Crippen LogP contribution in [0.1, 0.15) is 0 Å². The van der Waals surface area contributed by atoms with E-state index in [1.807, 2.05) is 23.5 Å². The summed E-state index contributed by atoms with van der Waals surface area (Å²) in [6, 6.07) is 54.4. The molecule has 43 heavy (non-hydrogen) atoms. The third-order valence-electron chi connectivity index (χ3n) is 8.43. The molecule has 2 heterocycles. The van der Waals surface area contributed by atoms with Gasteiger partial charge in [0.25, 0.3) is 0 Å². The minimum Gasteiger partial charge on any atom is -0.456 e. The zero-order valence-electron chi connectivity index (χ0n) is 23.2. The van der Waals surface area contributed by atoms with Crippen molar-refractivity contribution in [1.29, 1.82) is 0 Å². The molecule has 2 nitrogen and oxygen atoms in total. The molecule has 2 aromatic heterocycles. The molecule has 0 N–H and O–H groups in total. The van der Waals surface area contributed by atoms with Crippen LogP contribution in [-0.4, -0.2) is 0 Å². The number of furan rings is 1. The Morgan fingerprint density at radius 2 is 1.16 bits per heavy atom. The van der Waals surface area contributed by atoms with Crippen LogP contribution < -0.4 is 4.90 Å². The number of benzene rings is 7. The summed E-state index contributed by atoms with van der Waals surface area (Å²) in [4.78, 5) is 2.39. The first-order valence-corrected chi connectivity index (χ1v) is 15.3. The standard InChI is InChI=1S/C40H25NOS/c1-2-10-27-23-29(20-19-26(27)9-1)28-11-7-12-30(24-28)41(31-21-22-39-34(25-31)32-13-4-6-18-38(32)43-39)35-15-8-17-37-40(35)33-14-3-5-16-36(33)42-37/h1-25H. The first-order valence-electron chi connectivity index (χ1n) is 14.5. The highest BCUT2D eigenvalue weighted by atomic mass is 32.1. The molecule has 0 saturated carbocycles. The number of nitrogens with zero attached hydrogens (tertiary/aromatic N) is 1. The smallest absolute Gasteiger partial charge is 0.137 e. The fraction of sp³-hybridized carbons (Fsp3) is 0. The molecule has 7 aromatic carbocycles. The molecule has 202 valence electrons. The monoisotopic (exact) mass is 567 g/mol. The molecule has 0 amide bonds. The molecular formula is C40H25NOS. The van der Waals surface area contributed by atoms with Crippen molar-refractivity contribution in [3.63, 3.8) is 0 Å². The Balaban J connectivity index is 1.30. The van der Waals surface area contributed by atoms with Gasteiger partial charge in [0.2, 0.25) is 0 Å². The van der Waals surface area contributed by atoms with Crippen molar-refractivity contribution in [2.45, 2.75) is 0 Å². The SMILES string of the molecule is c1cc(-c2ccc3ccccc3c2)cc(N(c2ccc3sc4ccccc4c3c2)c2cccc3oc4ccccc4c23)c1. The van der Waals surface area contributed by atoms with E-state index in [4.69, 9.17) is 4.42 Å². The molecule has 0 fully saturated rings. The lowest BCUT2D eigenvalue weighted by molar-refractivity contribution is 0.669. The van der Waals surface area contributed by atoms with Crippen molar-refractivity contribution >= 4 is 81.3 Å². The van der Waals surface area contributed by atoms with Crippen LogP contribution in [0.3, 0.4) is 0 Å². The van der Waals surface area contributed by atoms with Gasteiger partial charge in [-0.3, -0.25) is 0 Å². The molecule has 0 unspecified atom stereocenters. The Hall–Kier alpha value is -5.38. The summed E-state index contributed by atoms with van der Waals surface area (Å²) in [7, 11) is 0. The van der Waals surface area contributed by atoms with Crippen LogP contribution in [0.2, 0.25) is 0 Å². The number of para-hydroxylation sites is 1. The fourth-order valence-corrected chi connectivity index (χ4v) is 7.50. The predicted molar refractivity (Wildman–Crippen MR) is 184 cm³/mol. The van der Waals surface area contributed by atoms with E-state index >= 15 is 0 Å². The number of thiophene rings is 1. The second-order valence-corrected chi connectivity index (χ2v) is 12.1. The van der Waals surface area contributed by atoms with E-state index < -0.39 is 0 Å². The average Bonchev–Trinajstić information content (AvgIpc) is 3.63. The van der Waals surface area contributed by atoms with E-state index in [9.17, 15) is 0 Å². The van der Waals surface area contributed by atoms with E-state index in [2.05, 4.69) is 144 Å². The minimum atomic E-state index is 0.886. The van der Waals surface area contributed by atoms with Gasteiger partial charge < -0.3 is 9.32 Å². The van der Waals surface area contributed by atoms with Crippen molar-refractivity contribution in [2.24, 2.45) is 0 Å². The third kappa shape index (κ3) is 3.93. The van der Waals surface area contributed by atoms with E-state index in [1.54, 1.807) is 0 Å². The minimum absolute atomic E-state index is 0.886. The maximum absolute atomic E-state index is 6.34. The summed E-state index contributed by atoms with van der Waals surface area (Å²) in [5.41, 5.74) is 7.47. The van der Waals surface area contributed by atoms with Gasteiger partial charge in [-0.1, -0.05) is 91.0 Å². The van der Waals surface area contributed by atoms with Gasteiger partial charge in [-0.2, -0.15) is 0 Å². The zero-order valence-corrected chi connectivity index (χ0v) is 24.0. The Morgan fingerprint density at radius 3 is 2.12 bits per heavy atom. The number of hydrogen-bond acceptors (Lipinski definition) is 3. The van der Waals surface area contributed by atoms with Crippen LogP contribution in [0.4, 0.5) is 17.1 Å². The first-order chi connectivity index (χ1) is 21.3. The normalized spacial score (nSPS) is 11.7. The number of hydrogen-bond donors (Lipinski definition) is 0. The molecule has 0 aliphatic heterocycles. The molecule has 3 heteroatoms. The highest BCUT2D eigenvalue weighted by Crippen LogP contribution is 2.45. The van der Waals surface area contributed by atoms with Crippen molar-refractivity contribution in [1.82, 2.24) is 0 Å². The van der Waals surface area contributed by atoms with Crippen LogP contribution in [0.15, 0.2) is 156 Å². The van der Waals surface area contributed by atoms with Gasteiger partial charge in [0.05, 0.1) is 11.1 Å². The summed E-state index contributed by atoms with van der Waals surface area (Å²) < 4.78 is 8.94. The van der Waals surface area contributed by atoms with Crippen molar-refractivity contribution in [3.05, 3.63) is 152 Å². The molecule has 0 aliphatic rings. The zero-order chi connectivity index (χ0) is 28.3. The second kappa shape index (κ2) is 9.59. The summed E-state index contributed by atoms with van der Waals surface area (Å²) in [5, 5.41) is 7.29. The molecule has 0 spiro atoms. The largest absolute Gasteiger partial charge is 0.456 e. The fourth-order valence-electron chi connectivity index (χ4n) is 6.42. The van der Waals surface area contributed by atoms with Gasteiger partial charge in [-0.05, 0) is 82.6 Å². The van der Waals surface area contributed by atoms with E-state index in [-0.39, 0.29) is 0 Å². The summed E-state index contributed by atoms with van der Waals surface area (Å²) in [5.74, 6) is 0. The first kappa shape index (κ1) is 24.2. The lowest BCUT2D eigenvalue weighted by Gasteiger charge is -2.27. The van der Waals surface area contributed by atoms with E-state index in [1.165, 1.54) is 42.1 Å². The average molecular weight is 568 g/mol. The maximum atomic E-state index is 6.34. The Bertz CT molecular complexity index is 2480. The highest BCUT2D eigenvalue weighted by Gasteiger charge is 2.20. The molecule has 0 saturated heterocycles. The third-order valence-corrected chi connectivity index (χ3v) is 9.58. The number of rotatable bonds is 4. The van der Waals surface area contributed by atoms with Crippen molar-refractivity contribution in [3.8, 4) is 11.1 Å². The number of fused-ring (bicyclic) bond motifs is 7. The van der Waals surface area contributed by atoms with E-state index in [0.717, 1.165) is 39.0 Å². The molecule has 9 aromatic rings. The molecule has 0 bridgehead atoms. The van der Waals surface area contributed by atoms with Crippen LogP contribution in [0.25, 0.3) is 64.0 Å². The van der Waals surface area contributed by atoms with Gasteiger partial charge in [0, 0.05) is 36.9 Å². The van der Waals surface area contributed by atoms with Crippen molar-refractivity contribution in [2.75, 3.05) is 4.90 Å². The summed E-state index contributed by atoms with van der Waals surface area (Å²) in [6.07, 6.45) is 0. The molecule has 0 aliphatic carbocycles. The molecule has 0 radical (unpaired) electrons. The van der Waals surface area contributed by atoms with Crippen LogP contribution in [-0.2, 0) is 0 Å². The van der Waals surface area contributed by atoms with Crippen LogP contribution >= 0.6 is 11.3 Å². The van der Waals surface area contributed by atoms with Gasteiger partial charge in [0.15, 0.2) is 0 Å². The molecule has 9 rings (SSSR count). The maximum Gasteiger partial charge on any atom is 0.137 e. The van der Waals surface area contributed by atoms with Crippen molar-refractivity contribution < 1.29 is 4.42 Å². The topological polar surface area (TPSA) is 16.4 Å². The predicted octanol–water partition coefficient (Wildman–Crippen LogP) is 12.2. The Kier molecular flexibility index (Phi) is 5.40. The Morgan fingerprint density at radius 1 is 0.442 bits per heavy atom. The highest BCUT2D eigenvalue weighted by molar-refractivity contribution is 7.25. The second-order valence-electron chi connectivity index (χ2n) is 11.0. The quantitative estimate of drug-likeness (QED) is 0.210. The van der Waals surface area contributed by atoms with Gasteiger partial charge in [-0.15, -0.1) is 11.3 Å². The molecular weight excluding hydrogens is 543 g/mol. The van der Waals surface area contributed by atoms with Gasteiger partial charge in [-0.25, -0.2) is 0 Å². The van der Waals surface area contributed by atoms with Crippen LogP contribution in [0.5, 0.6) is 0 Å². The van der Waals surface area contributed by atoms with Gasteiger partial charge >= 0.3 is 0 Å². The summed E-state index contributed by atoms with van der Waals surface area (Å²) in [6.45, 7) is 0. The van der Waals surface area contributed by atoms with Crippen LogP contribution in [0, 0.1) is 0 Å². The van der Waals surface area contributed by atoms with E-state index in [0.29, 0.717) is 0 Å². The lowest BCUT2D eigenvalue weighted by Crippen LogP contribution is -2.10. The summed E-state index contributed by atoms with van der Waals surface area (Å²) >= 11 is 1.85. The Labute approximate surface area is 252 Å². The lowest BCUT2D eigenvalue weighted by atomic mass is 10.00. The van der Waals surface area contributed by atoms with Gasteiger partial charge in [0.1, 0.15) is 11.2 Å².